The second kappa shape index (κ2) is 7.81. The molecule has 1 aliphatic rings. The highest BCUT2D eigenvalue weighted by Crippen LogP contribution is 2.28. The predicted octanol–water partition coefficient (Wildman–Crippen LogP) is 3.29. The minimum absolute atomic E-state index is 0.0560. The average Bonchev–Trinajstić information content (AvgIpc) is 2.49. The lowest BCUT2D eigenvalue weighted by Gasteiger charge is -2.31. The van der Waals surface area contributed by atoms with E-state index in [9.17, 15) is 4.79 Å². The van der Waals surface area contributed by atoms with Crippen molar-refractivity contribution in [3.63, 3.8) is 0 Å². The van der Waals surface area contributed by atoms with Crippen molar-refractivity contribution in [1.82, 2.24) is 5.32 Å². The van der Waals surface area contributed by atoms with E-state index in [4.69, 9.17) is 17.3 Å². The summed E-state index contributed by atoms with van der Waals surface area (Å²) in [5.41, 5.74) is 6.91. The van der Waals surface area contributed by atoms with Gasteiger partial charge in [0.2, 0.25) is 5.91 Å². The highest BCUT2D eigenvalue weighted by molar-refractivity contribution is 6.30. The van der Waals surface area contributed by atoms with Crippen LogP contribution >= 0.6 is 11.6 Å². The Morgan fingerprint density at radius 2 is 1.90 bits per heavy atom. The molecule has 0 aliphatic heterocycles. The number of rotatable bonds is 5. The lowest BCUT2D eigenvalue weighted by molar-refractivity contribution is -0.123. The molecule has 0 bridgehead atoms. The van der Waals surface area contributed by atoms with E-state index in [1.165, 1.54) is 37.7 Å². The van der Waals surface area contributed by atoms with Crippen LogP contribution in [-0.4, -0.2) is 18.0 Å². The van der Waals surface area contributed by atoms with Gasteiger partial charge in [-0.15, -0.1) is 0 Å². The smallest absolute Gasteiger partial charge is 0.236 e. The molecule has 3 N–H and O–H groups in total. The van der Waals surface area contributed by atoms with Crippen LogP contribution in [0.3, 0.4) is 0 Å². The van der Waals surface area contributed by atoms with E-state index in [2.05, 4.69) is 5.32 Å². The minimum Gasteiger partial charge on any atom is -0.351 e. The molecule has 1 saturated carbocycles. The SMILES string of the molecule is C[C@@H](N)C(=O)NC(Cc1ccc(Cl)cc1)C1CCCCC1. The van der Waals surface area contributed by atoms with Gasteiger partial charge in [0, 0.05) is 11.1 Å². The topological polar surface area (TPSA) is 55.1 Å². The number of nitrogens with one attached hydrogen (secondary N) is 1. The fraction of sp³-hybridized carbons (Fsp3) is 0.588. The number of hydrogen-bond donors (Lipinski definition) is 2. The van der Waals surface area contributed by atoms with Gasteiger partial charge >= 0.3 is 0 Å². The van der Waals surface area contributed by atoms with Crippen molar-refractivity contribution in [1.29, 1.82) is 0 Å². The van der Waals surface area contributed by atoms with Gasteiger partial charge in [0.25, 0.3) is 0 Å². The number of amides is 1. The maximum Gasteiger partial charge on any atom is 0.236 e. The number of hydrogen-bond acceptors (Lipinski definition) is 2. The fourth-order valence-corrected chi connectivity index (χ4v) is 3.19. The molecule has 0 radical (unpaired) electrons. The number of carbonyl (C=O) groups is 1. The van der Waals surface area contributed by atoms with Crippen molar-refractivity contribution < 1.29 is 4.79 Å². The summed E-state index contributed by atoms with van der Waals surface area (Å²) < 4.78 is 0. The molecular weight excluding hydrogens is 284 g/mol. The van der Waals surface area contributed by atoms with Gasteiger partial charge in [0.15, 0.2) is 0 Å². The second-order valence-electron chi connectivity index (χ2n) is 6.13. The molecule has 21 heavy (non-hydrogen) atoms. The number of benzene rings is 1. The zero-order valence-electron chi connectivity index (χ0n) is 12.6. The zero-order chi connectivity index (χ0) is 15.2. The van der Waals surface area contributed by atoms with Gasteiger partial charge < -0.3 is 11.1 Å². The summed E-state index contributed by atoms with van der Waals surface area (Å²) >= 11 is 5.94. The van der Waals surface area contributed by atoms with Gasteiger partial charge in [-0.05, 0) is 49.8 Å². The van der Waals surface area contributed by atoms with Crippen LogP contribution in [-0.2, 0) is 11.2 Å². The Labute approximate surface area is 132 Å². The molecule has 116 valence electrons. The van der Waals surface area contributed by atoms with Crippen molar-refractivity contribution >= 4 is 17.5 Å². The molecule has 4 heteroatoms. The van der Waals surface area contributed by atoms with Gasteiger partial charge in [-0.25, -0.2) is 0 Å². The monoisotopic (exact) mass is 308 g/mol. The van der Waals surface area contributed by atoms with Crippen molar-refractivity contribution in [2.75, 3.05) is 0 Å². The first-order valence-corrected chi connectivity index (χ1v) is 8.24. The summed E-state index contributed by atoms with van der Waals surface area (Å²) in [4.78, 5) is 12.0. The van der Waals surface area contributed by atoms with Crippen LogP contribution in [0.5, 0.6) is 0 Å². The van der Waals surface area contributed by atoms with Crippen LogP contribution in [0.1, 0.15) is 44.6 Å². The molecule has 2 atom stereocenters. The molecular formula is C17H25ClN2O. The molecule has 0 spiro atoms. The third kappa shape index (κ3) is 5.01. The van der Waals surface area contributed by atoms with Crippen LogP contribution in [0.4, 0.5) is 0 Å². The average molecular weight is 309 g/mol. The van der Waals surface area contributed by atoms with E-state index >= 15 is 0 Å². The molecule has 3 nitrogen and oxygen atoms in total. The highest BCUT2D eigenvalue weighted by Gasteiger charge is 2.26. The first-order chi connectivity index (χ1) is 10.1. The Morgan fingerprint density at radius 3 is 2.48 bits per heavy atom. The summed E-state index contributed by atoms with van der Waals surface area (Å²) in [5.74, 6) is 0.497. The maximum absolute atomic E-state index is 12.0. The van der Waals surface area contributed by atoms with E-state index in [0.29, 0.717) is 5.92 Å². The van der Waals surface area contributed by atoms with E-state index in [0.717, 1.165) is 11.4 Å². The molecule has 1 aliphatic carbocycles. The minimum atomic E-state index is -0.457. The summed E-state index contributed by atoms with van der Waals surface area (Å²) in [6.07, 6.45) is 7.06. The lowest BCUT2D eigenvalue weighted by atomic mass is 9.81. The van der Waals surface area contributed by atoms with E-state index < -0.39 is 6.04 Å². The predicted molar refractivity (Wildman–Crippen MR) is 87.3 cm³/mol. The molecule has 0 heterocycles. The standard InChI is InChI=1S/C17H25ClN2O/c1-12(19)17(21)20-16(14-5-3-2-4-6-14)11-13-7-9-15(18)10-8-13/h7-10,12,14,16H,2-6,11,19H2,1H3,(H,20,21)/t12-,16?/m1/s1. The number of carbonyl (C=O) groups excluding carboxylic acids is 1. The van der Waals surface area contributed by atoms with Crippen LogP contribution in [0, 0.1) is 5.92 Å². The summed E-state index contributed by atoms with van der Waals surface area (Å²) in [7, 11) is 0. The van der Waals surface area contributed by atoms with Crippen LogP contribution in [0.15, 0.2) is 24.3 Å². The van der Waals surface area contributed by atoms with Crippen molar-refractivity contribution in [2.45, 2.75) is 57.5 Å². The summed E-state index contributed by atoms with van der Waals surface area (Å²) in [6, 6.07) is 7.60. The molecule has 2 rings (SSSR count). The van der Waals surface area contributed by atoms with E-state index in [1.54, 1.807) is 6.92 Å². The van der Waals surface area contributed by atoms with Crippen molar-refractivity contribution in [2.24, 2.45) is 11.7 Å². The molecule has 1 aromatic rings. The largest absolute Gasteiger partial charge is 0.351 e. The quantitative estimate of drug-likeness (QED) is 0.877. The van der Waals surface area contributed by atoms with Gasteiger partial charge in [-0.3, -0.25) is 4.79 Å². The van der Waals surface area contributed by atoms with Gasteiger partial charge in [0.1, 0.15) is 0 Å². The van der Waals surface area contributed by atoms with Crippen LogP contribution in [0.2, 0.25) is 5.02 Å². The van der Waals surface area contributed by atoms with Gasteiger partial charge in [-0.2, -0.15) is 0 Å². The fourth-order valence-electron chi connectivity index (χ4n) is 3.06. The van der Waals surface area contributed by atoms with Crippen LogP contribution in [0.25, 0.3) is 0 Å². The Kier molecular flexibility index (Phi) is 6.07. The van der Waals surface area contributed by atoms with E-state index in [-0.39, 0.29) is 11.9 Å². The third-order valence-electron chi connectivity index (χ3n) is 4.33. The molecule has 0 aromatic heterocycles. The first kappa shape index (κ1) is 16.3. The first-order valence-electron chi connectivity index (χ1n) is 7.86. The summed E-state index contributed by atoms with van der Waals surface area (Å²) in [5, 5.41) is 3.90. The summed E-state index contributed by atoms with van der Waals surface area (Å²) in [6.45, 7) is 1.73. The number of halogens is 1. The zero-order valence-corrected chi connectivity index (χ0v) is 13.4. The highest BCUT2D eigenvalue weighted by atomic mass is 35.5. The maximum atomic E-state index is 12.0. The molecule has 1 amide bonds. The normalized spacial score (nSPS) is 19.0. The Morgan fingerprint density at radius 1 is 1.29 bits per heavy atom. The van der Waals surface area contributed by atoms with Crippen LogP contribution < -0.4 is 11.1 Å². The van der Waals surface area contributed by atoms with Crippen molar-refractivity contribution in [3.05, 3.63) is 34.9 Å². The lowest BCUT2D eigenvalue weighted by Crippen LogP contribution is -2.48. The Balaban J connectivity index is 2.06. The Bertz CT molecular complexity index is 452. The molecule has 1 fully saturated rings. The van der Waals surface area contributed by atoms with E-state index in [1.807, 2.05) is 24.3 Å². The molecule has 0 saturated heterocycles. The number of nitrogens with two attached hydrogens (primary N) is 1. The van der Waals surface area contributed by atoms with Crippen molar-refractivity contribution in [3.8, 4) is 0 Å². The van der Waals surface area contributed by atoms with Gasteiger partial charge in [-0.1, -0.05) is 43.0 Å². The second-order valence-corrected chi connectivity index (χ2v) is 6.57. The molecule has 1 aromatic carbocycles. The third-order valence-corrected chi connectivity index (χ3v) is 4.58. The van der Waals surface area contributed by atoms with Gasteiger partial charge in [0.05, 0.1) is 6.04 Å². The molecule has 1 unspecified atom stereocenters. The Hall–Kier alpha value is -1.06.